The molecule has 0 unspecified atom stereocenters. The normalized spacial score (nSPS) is 20.8. The second-order valence-electron chi connectivity index (χ2n) is 8.47. The van der Waals surface area contributed by atoms with Crippen LogP contribution in [0.4, 0.5) is 0 Å². The van der Waals surface area contributed by atoms with Crippen molar-refractivity contribution < 1.29 is 14.3 Å². The number of benzene rings is 1. The van der Waals surface area contributed by atoms with Gasteiger partial charge in [0.2, 0.25) is 11.8 Å². The first-order valence-electron chi connectivity index (χ1n) is 10.6. The first kappa shape index (κ1) is 19.2. The highest BCUT2D eigenvalue weighted by molar-refractivity contribution is 5.81. The van der Waals surface area contributed by atoms with E-state index >= 15 is 0 Å². The molecule has 152 valence electrons. The molecule has 0 bridgehead atoms. The highest BCUT2D eigenvalue weighted by Gasteiger charge is 2.34. The Morgan fingerprint density at radius 3 is 2.68 bits per heavy atom. The number of carbonyl (C=O) groups excluding carboxylic acids is 2. The van der Waals surface area contributed by atoms with Gasteiger partial charge in [-0.05, 0) is 63.9 Å². The molecule has 1 saturated heterocycles. The number of rotatable bonds is 5. The molecule has 2 aliphatic heterocycles. The van der Waals surface area contributed by atoms with Crippen LogP contribution in [0.1, 0.15) is 43.2 Å². The molecule has 6 heteroatoms. The van der Waals surface area contributed by atoms with Gasteiger partial charge in [-0.3, -0.25) is 9.59 Å². The number of hydrogen-bond acceptors (Lipinski definition) is 4. The van der Waals surface area contributed by atoms with Gasteiger partial charge in [0.15, 0.2) is 0 Å². The van der Waals surface area contributed by atoms with Crippen LogP contribution in [0.2, 0.25) is 0 Å². The van der Waals surface area contributed by atoms with E-state index in [2.05, 4.69) is 23.3 Å². The van der Waals surface area contributed by atoms with Gasteiger partial charge in [0.25, 0.3) is 0 Å². The van der Waals surface area contributed by atoms with Crippen molar-refractivity contribution in [1.29, 1.82) is 0 Å². The van der Waals surface area contributed by atoms with Crippen molar-refractivity contribution in [1.82, 2.24) is 15.1 Å². The van der Waals surface area contributed by atoms with Crippen LogP contribution in [0.25, 0.3) is 0 Å². The number of fused-ring (bicyclic) bond motifs is 1. The number of carbonyl (C=O) groups is 2. The standard InChI is InChI=1S/C22H31N3O3/c1-24-10-8-19(9-11-24)23-21(26)7-3-16-2-6-20-18(14-16)15-25(12-13-28-20)22(27)17-4-5-17/h2,6,14,17,19H,3-5,7-13,15H2,1H3,(H,23,26). The number of likely N-dealkylation sites (tertiary alicyclic amines) is 1. The molecular formula is C22H31N3O3. The van der Waals surface area contributed by atoms with Gasteiger partial charge in [0, 0.05) is 30.5 Å². The van der Waals surface area contributed by atoms with Crippen LogP contribution in [-0.2, 0) is 22.6 Å². The summed E-state index contributed by atoms with van der Waals surface area (Å²) in [6, 6.07) is 6.45. The van der Waals surface area contributed by atoms with Gasteiger partial charge < -0.3 is 19.9 Å². The van der Waals surface area contributed by atoms with Crippen LogP contribution in [0, 0.1) is 5.92 Å². The summed E-state index contributed by atoms with van der Waals surface area (Å²) in [6.45, 7) is 3.90. The molecule has 1 saturated carbocycles. The van der Waals surface area contributed by atoms with E-state index in [0.29, 0.717) is 38.6 Å². The fraction of sp³-hybridized carbons (Fsp3) is 0.636. The van der Waals surface area contributed by atoms with Gasteiger partial charge >= 0.3 is 0 Å². The van der Waals surface area contributed by atoms with Crippen molar-refractivity contribution in [3.63, 3.8) is 0 Å². The van der Waals surface area contributed by atoms with Gasteiger partial charge in [-0.25, -0.2) is 0 Å². The topological polar surface area (TPSA) is 61.9 Å². The maximum atomic E-state index is 12.4. The minimum atomic E-state index is 0.131. The van der Waals surface area contributed by atoms with Crippen molar-refractivity contribution in [2.24, 2.45) is 5.92 Å². The summed E-state index contributed by atoms with van der Waals surface area (Å²) in [6.07, 6.45) is 5.32. The molecular weight excluding hydrogens is 354 g/mol. The molecule has 0 atom stereocenters. The lowest BCUT2D eigenvalue weighted by molar-refractivity contribution is -0.133. The largest absolute Gasteiger partial charge is 0.491 e. The van der Waals surface area contributed by atoms with Crippen molar-refractivity contribution >= 4 is 11.8 Å². The maximum absolute atomic E-state index is 12.4. The number of aryl methyl sites for hydroxylation is 1. The van der Waals surface area contributed by atoms with E-state index in [9.17, 15) is 9.59 Å². The fourth-order valence-corrected chi connectivity index (χ4v) is 4.09. The Hall–Kier alpha value is -2.08. The average molecular weight is 386 g/mol. The number of piperidine rings is 1. The van der Waals surface area contributed by atoms with E-state index in [1.807, 2.05) is 17.0 Å². The lowest BCUT2D eigenvalue weighted by Gasteiger charge is -2.29. The van der Waals surface area contributed by atoms with Crippen LogP contribution in [-0.4, -0.2) is 60.9 Å². The van der Waals surface area contributed by atoms with Gasteiger partial charge in [-0.1, -0.05) is 12.1 Å². The molecule has 1 aliphatic carbocycles. The molecule has 2 amide bonds. The number of amides is 2. The SMILES string of the molecule is CN1CCC(NC(=O)CCc2ccc3c(c2)CN(C(=O)C2CC2)CCO3)CC1. The van der Waals surface area contributed by atoms with Crippen molar-refractivity contribution in [3.05, 3.63) is 29.3 Å². The van der Waals surface area contributed by atoms with E-state index in [1.54, 1.807) is 0 Å². The summed E-state index contributed by atoms with van der Waals surface area (Å²) in [4.78, 5) is 29.0. The van der Waals surface area contributed by atoms with E-state index in [1.165, 1.54) is 0 Å². The van der Waals surface area contributed by atoms with Crippen molar-refractivity contribution in [3.8, 4) is 5.75 Å². The molecule has 1 aromatic rings. The Bertz CT molecular complexity index is 724. The third kappa shape index (κ3) is 4.85. The van der Waals surface area contributed by atoms with Gasteiger partial charge in [0.05, 0.1) is 6.54 Å². The minimum Gasteiger partial charge on any atom is -0.491 e. The maximum Gasteiger partial charge on any atom is 0.226 e. The highest BCUT2D eigenvalue weighted by Crippen LogP contribution is 2.33. The third-order valence-corrected chi connectivity index (χ3v) is 6.07. The monoisotopic (exact) mass is 385 g/mol. The summed E-state index contributed by atoms with van der Waals surface area (Å²) in [5, 5.41) is 3.18. The first-order chi connectivity index (χ1) is 13.6. The molecule has 4 rings (SSSR count). The molecule has 2 heterocycles. The smallest absolute Gasteiger partial charge is 0.226 e. The molecule has 6 nitrogen and oxygen atoms in total. The minimum absolute atomic E-state index is 0.131. The second kappa shape index (κ2) is 8.52. The van der Waals surface area contributed by atoms with Crippen molar-refractivity contribution in [2.75, 3.05) is 33.3 Å². The summed E-state index contributed by atoms with van der Waals surface area (Å²) in [7, 11) is 2.12. The zero-order valence-electron chi connectivity index (χ0n) is 16.8. The number of nitrogens with one attached hydrogen (secondary N) is 1. The van der Waals surface area contributed by atoms with Crippen LogP contribution >= 0.6 is 0 Å². The Balaban J connectivity index is 1.32. The average Bonchev–Trinajstić information content (AvgIpc) is 3.54. The summed E-state index contributed by atoms with van der Waals surface area (Å²) in [5.74, 6) is 1.49. The highest BCUT2D eigenvalue weighted by atomic mass is 16.5. The van der Waals surface area contributed by atoms with Crippen LogP contribution in [0.15, 0.2) is 18.2 Å². The number of ether oxygens (including phenoxy) is 1. The first-order valence-corrected chi connectivity index (χ1v) is 10.6. The summed E-state index contributed by atoms with van der Waals surface area (Å²) in [5.41, 5.74) is 2.18. The molecule has 0 radical (unpaired) electrons. The van der Waals surface area contributed by atoms with E-state index < -0.39 is 0 Å². The number of nitrogens with zero attached hydrogens (tertiary/aromatic N) is 2. The molecule has 0 aromatic heterocycles. The molecule has 3 aliphatic rings. The Kier molecular flexibility index (Phi) is 5.85. The van der Waals surface area contributed by atoms with E-state index in [4.69, 9.17) is 4.74 Å². The van der Waals surface area contributed by atoms with Gasteiger partial charge in [0.1, 0.15) is 12.4 Å². The molecule has 28 heavy (non-hydrogen) atoms. The van der Waals surface area contributed by atoms with Gasteiger partial charge in [-0.15, -0.1) is 0 Å². The molecule has 0 spiro atoms. The van der Waals surface area contributed by atoms with Crippen LogP contribution in [0.5, 0.6) is 5.75 Å². The lowest BCUT2D eigenvalue weighted by atomic mass is 10.0. The van der Waals surface area contributed by atoms with Crippen molar-refractivity contribution in [2.45, 2.75) is 51.1 Å². The quantitative estimate of drug-likeness (QED) is 0.842. The predicted molar refractivity (Wildman–Crippen MR) is 107 cm³/mol. The number of hydrogen-bond donors (Lipinski definition) is 1. The summed E-state index contributed by atoms with van der Waals surface area (Å²) < 4.78 is 5.84. The Labute approximate surface area is 167 Å². The third-order valence-electron chi connectivity index (χ3n) is 6.07. The summed E-state index contributed by atoms with van der Waals surface area (Å²) >= 11 is 0. The zero-order chi connectivity index (χ0) is 19.5. The predicted octanol–water partition coefficient (Wildman–Crippen LogP) is 1.96. The van der Waals surface area contributed by atoms with Gasteiger partial charge in [-0.2, -0.15) is 0 Å². The fourth-order valence-electron chi connectivity index (χ4n) is 4.09. The van der Waals surface area contributed by atoms with E-state index in [0.717, 1.165) is 55.6 Å². The molecule has 2 fully saturated rings. The second-order valence-corrected chi connectivity index (χ2v) is 8.47. The lowest BCUT2D eigenvalue weighted by Crippen LogP contribution is -2.43. The van der Waals surface area contributed by atoms with Crippen LogP contribution < -0.4 is 10.1 Å². The zero-order valence-corrected chi connectivity index (χ0v) is 16.8. The molecule has 1 N–H and O–H groups in total. The van der Waals surface area contributed by atoms with Crippen LogP contribution in [0.3, 0.4) is 0 Å². The Morgan fingerprint density at radius 2 is 1.93 bits per heavy atom. The van der Waals surface area contributed by atoms with E-state index in [-0.39, 0.29) is 17.7 Å². The Morgan fingerprint density at radius 1 is 1.14 bits per heavy atom. The molecule has 1 aromatic carbocycles.